The molecule has 0 spiro atoms. The summed E-state index contributed by atoms with van der Waals surface area (Å²) >= 11 is 0. The number of hydrogen-bond acceptors (Lipinski definition) is 2. The minimum atomic E-state index is -1.04. The van der Waals surface area contributed by atoms with Gasteiger partial charge in [0.15, 0.2) is 0 Å². The molecule has 5 heteroatoms. The van der Waals surface area contributed by atoms with Crippen LogP contribution >= 0.6 is 12.4 Å². The van der Waals surface area contributed by atoms with Crippen molar-refractivity contribution in [3.8, 4) is 0 Å². The summed E-state index contributed by atoms with van der Waals surface area (Å²) in [6.07, 6.45) is 0.180. The molecule has 0 saturated carbocycles. The van der Waals surface area contributed by atoms with Crippen molar-refractivity contribution in [1.29, 1.82) is 0 Å². The van der Waals surface area contributed by atoms with E-state index in [4.69, 9.17) is 10.8 Å². The fourth-order valence-corrected chi connectivity index (χ4v) is 2.36. The third kappa shape index (κ3) is 5.76. The summed E-state index contributed by atoms with van der Waals surface area (Å²) in [7, 11) is 0. The number of benzene rings is 2. The summed E-state index contributed by atoms with van der Waals surface area (Å²) in [5.74, 6) is 0. The van der Waals surface area contributed by atoms with Crippen LogP contribution in [0.25, 0.3) is 0 Å². The highest BCUT2D eigenvalue weighted by molar-refractivity contribution is 5.85. The van der Waals surface area contributed by atoms with Crippen molar-refractivity contribution in [3.63, 3.8) is 0 Å². The molecule has 2 rings (SSSR count). The van der Waals surface area contributed by atoms with Crippen LogP contribution < -0.4 is 11.1 Å². The van der Waals surface area contributed by atoms with E-state index in [2.05, 4.69) is 5.32 Å². The molecule has 0 bridgehead atoms. The van der Waals surface area contributed by atoms with Crippen molar-refractivity contribution in [2.24, 2.45) is 5.73 Å². The first-order valence-corrected chi connectivity index (χ1v) is 6.98. The summed E-state index contributed by atoms with van der Waals surface area (Å²) in [6.45, 7) is 0. The van der Waals surface area contributed by atoms with E-state index in [0.717, 1.165) is 11.1 Å². The Hall–Kier alpha value is -2.04. The maximum absolute atomic E-state index is 11.0. The number of halogens is 1. The van der Waals surface area contributed by atoms with E-state index in [0.29, 0.717) is 12.8 Å². The fraction of sp³-hybridized carbons (Fsp3) is 0.235. The molecule has 0 aromatic heterocycles. The van der Waals surface area contributed by atoms with Gasteiger partial charge in [-0.15, -0.1) is 12.4 Å². The van der Waals surface area contributed by atoms with Crippen LogP contribution in [0.2, 0.25) is 0 Å². The highest BCUT2D eigenvalue weighted by Crippen LogP contribution is 2.10. The lowest BCUT2D eigenvalue weighted by Crippen LogP contribution is -2.49. The molecule has 4 nitrogen and oxygen atoms in total. The molecule has 0 fully saturated rings. The van der Waals surface area contributed by atoms with Crippen LogP contribution in [0.5, 0.6) is 0 Å². The first-order chi connectivity index (χ1) is 10.1. The molecule has 0 radical (unpaired) electrons. The number of amides is 1. The van der Waals surface area contributed by atoms with Crippen LogP contribution in [0.15, 0.2) is 60.7 Å². The van der Waals surface area contributed by atoms with Gasteiger partial charge in [0.25, 0.3) is 0 Å². The second-order valence-corrected chi connectivity index (χ2v) is 5.10. The van der Waals surface area contributed by atoms with E-state index in [1.165, 1.54) is 0 Å². The molecular formula is C17H21ClN2O2. The smallest absolute Gasteiger partial charge is 0.404 e. The number of carboxylic acid groups (broad SMARTS) is 1. The Morgan fingerprint density at radius 3 is 1.86 bits per heavy atom. The van der Waals surface area contributed by atoms with Crippen molar-refractivity contribution in [1.82, 2.24) is 5.32 Å². The molecule has 2 aromatic rings. The zero-order valence-electron chi connectivity index (χ0n) is 12.2. The Morgan fingerprint density at radius 1 is 0.955 bits per heavy atom. The quantitative estimate of drug-likeness (QED) is 0.766. The summed E-state index contributed by atoms with van der Waals surface area (Å²) in [4.78, 5) is 11.0. The van der Waals surface area contributed by atoms with Crippen molar-refractivity contribution >= 4 is 18.5 Å². The minimum Gasteiger partial charge on any atom is -0.465 e. The summed E-state index contributed by atoms with van der Waals surface area (Å²) < 4.78 is 0. The van der Waals surface area contributed by atoms with E-state index >= 15 is 0 Å². The molecule has 2 atom stereocenters. The molecule has 0 unspecified atom stereocenters. The Morgan fingerprint density at radius 2 is 1.41 bits per heavy atom. The van der Waals surface area contributed by atoms with Crippen molar-refractivity contribution in [3.05, 3.63) is 71.8 Å². The second-order valence-electron chi connectivity index (χ2n) is 5.10. The molecule has 118 valence electrons. The summed E-state index contributed by atoms with van der Waals surface area (Å²) in [6, 6.07) is 19.1. The van der Waals surface area contributed by atoms with Crippen LogP contribution in [-0.4, -0.2) is 23.3 Å². The lowest BCUT2D eigenvalue weighted by Gasteiger charge is -2.24. The minimum absolute atomic E-state index is 0. The summed E-state index contributed by atoms with van der Waals surface area (Å²) in [5.41, 5.74) is 8.40. The Labute approximate surface area is 136 Å². The van der Waals surface area contributed by atoms with Gasteiger partial charge >= 0.3 is 6.09 Å². The highest BCUT2D eigenvalue weighted by atomic mass is 35.5. The predicted octanol–water partition coefficient (Wildman–Crippen LogP) is 2.86. The SMILES string of the molecule is Cl.N[C@H](Cc1ccccc1)[C@H](Cc1ccccc1)NC(=O)O. The van der Waals surface area contributed by atoms with Gasteiger partial charge in [0.05, 0.1) is 6.04 Å². The van der Waals surface area contributed by atoms with E-state index in [9.17, 15) is 4.79 Å². The molecule has 0 heterocycles. The maximum Gasteiger partial charge on any atom is 0.404 e. The lowest BCUT2D eigenvalue weighted by molar-refractivity contribution is 0.187. The standard InChI is InChI=1S/C17H20N2O2.ClH/c18-15(11-13-7-3-1-4-8-13)16(19-17(20)21)12-14-9-5-2-6-10-14;/h1-10,15-16,19H,11-12,18H2,(H,20,21);1H/t15-,16+;/m1./s1. The van der Waals surface area contributed by atoms with E-state index in [1.54, 1.807) is 0 Å². The number of rotatable bonds is 6. The third-order valence-electron chi connectivity index (χ3n) is 3.44. The van der Waals surface area contributed by atoms with Crippen LogP contribution in [0.1, 0.15) is 11.1 Å². The average molecular weight is 321 g/mol. The monoisotopic (exact) mass is 320 g/mol. The maximum atomic E-state index is 11.0. The fourth-order valence-electron chi connectivity index (χ4n) is 2.36. The molecule has 4 N–H and O–H groups in total. The van der Waals surface area contributed by atoms with Gasteiger partial charge in [0.2, 0.25) is 0 Å². The van der Waals surface area contributed by atoms with Crippen LogP contribution in [0.3, 0.4) is 0 Å². The van der Waals surface area contributed by atoms with Crippen molar-refractivity contribution in [2.75, 3.05) is 0 Å². The van der Waals surface area contributed by atoms with Crippen LogP contribution in [-0.2, 0) is 12.8 Å². The largest absolute Gasteiger partial charge is 0.465 e. The van der Waals surface area contributed by atoms with Gasteiger partial charge in [-0.05, 0) is 24.0 Å². The average Bonchev–Trinajstić information content (AvgIpc) is 2.48. The van der Waals surface area contributed by atoms with Gasteiger partial charge < -0.3 is 16.2 Å². The molecular weight excluding hydrogens is 300 g/mol. The topological polar surface area (TPSA) is 75.3 Å². The highest BCUT2D eigenvalue weighted by Gasteiger charge is 2.20. The van der Waals surface area contributed by atoms with Crippen LogP contribution in [0.4, 0.5) is 4.79 Å². The van der Waals surface area contributed by atoms with E-state index < -0.39 is 6.09 Å². The van der Waals surface area contributed by atoms with Gasteiger partial charge in [-0.25, -0.2) is 4.79 Å². The molecule has 0 aliphatic heterocycles. The van der Waals surface area contributed by atoms with Gasteiger partial charge in [0.1, 0.15) is 0 Å². The van der Waals surface area contributed by atoms with Gasteiger partial charge in [-0.3, -0.25) is 0 Å². The predicted molar refractivity (Wildman–Crippen MR) is 90.5 cm³/mol. The molecule has 0 saturated heterocycles. The Kier molecular flexibility index (Phi) is 7.43. The van der Waals surface area contributed by atoms with Crippen molar-refractivity contribution < 1.29 is 9.90 Å². The second kappa shape index (κ2) is 9.07. The van der Waals surface area contributed by atoms with Gasteiger partial charge in [0, 0.05) is 6.04 Å². The zero-order valence-corrected chi connectivity index (χ0v) is 13.0. The first kappa shape index (κ1) is 18.0. The Balaban J connectivity index is 0.00000242. The third-order valence-corrected chi connectivity index (χ3v) is 3.44. The number of carbonyl (C=O) groups is 1. The summed E-state index contributed by atoms with van der Waals surface area (Å²) in [5, 5.41) is 11.6. The number of hydrogen-bond donors (Lipinski definition) is 3. The first-order valence-electron chi connectivity index (χ1n) is 6.98. The molecule has 22 heavy (non-hydrogen) atoms. The van der Waals surface area contributed by atoms with E-state index in [-0.39, 0.29) is 24.5 Å². The molecule has 2 aromatic carbocycles. The number of nitrogens with two attached hydrogens (primary N) is 1. The van der Waals surface area contributed by atoms with E-state index in [1.807, 2.05) is 60.7 Å². The van der Waals surface area contributed by atoms with Gasteiger partial charge in [-0.1, -0.05) is 60.7 Å². The van der Waals surface area contributed by atoms with Crippen molar-refractivity contribution in [2.45, 2.75) is 24.9 Å². The van der Waals surface area contributed by atoms with Gasteiger partial charge in [-0.2, -0.15) is 0 Å². The molecule has 0 aliphatic rings. The molecule has 1 amide bonds. The Bertz CT molecular complexity index is 563. The number of nitrogens with one attached hydrogen (secondary N) is 1. The zero-order chi connectivity index (χ0) is 15.1. The van der Waals surface area contributed by atoms with Crippen LogP contribution in [0, 0.1) is 0 Å². The normalized spacial score (nSPS) is 12.8. The lowest BCUT2D eigenvalue weighted by atomic mass is 9.95. The molecule has 0 aliphatic carbocycles.